The predicted octanol–water partition coefficient (Wildman–Crippen LogP) is 4.30. The molecule has 0 aliphatic rings. The molecule has 0 aliphatic carbocycles. The molecule has 1 N–H and O–H groups in total. The van der Waals surface area contributed by atoms with Crippen molar-refractivity contribution < 1.29 is 19.0 Å². The van der Waals surface area contributed by atoms with Gasteiger partial charge in [0.25, 0.3) is 5.91 Å². The fourth-order valence-electron chi connectivity index (χ4n) is 2.56. The minimum absolute atomic E-state index is 0.100. The van der Waals surface area contributed by atoms with E-state index in [0.717, 1.165) is 16.7 Å². The van der Waals surface area contributed by atoms with Crippen molar-refractivity contribution in [1.82, 2.24) is 0 Å². The predicted molar refractivity (Wildman–Crippen MR) is 99.3 cm³/mol. The maximum Gasteiger partial charge on any atom is 0.262 e. The Morgan fingerprint density at radius 2 is 1.52 bits per heavy atom. The van der Waals surface area contributed by atoms with E-state index in [1.165, 1.54) is 0 Å². The number of nitrogens with one attached hydrogen (secondary N) is 1. The van der Waals surface area contributed by atoms with Crippen molar-refractivity contribution in [1.29, 1.82) is 0 Å². The molecule has 0 radical (unpaired) electrons. The third-order valence-electron chi connectivity index (χ3n) is 3.78. The van der Waals surface area contributed by atoms with Gasteiger partial charge in [-0.25, -0.2) is 0 Å². The van der Waals surface area contributed by atoms with Crippen LogP contribution in [0.15, 0.2) is 24.3 Å². The molecule has 1 amide bonds. The summed E-state index contributed by atoms with van der Waals surface area (Å²) in [7, 11) is 3.12. The van der Waals surface area contributed by atoms with Crippen molar-refractivity contribution >= 4 is 23.2 Å². The lowest BCUT2D eigenvalue weighted by molar-refractivity contribution is -0.118. The number of anilines is 1. The summed E-state index contributed by atoms with van der Waals surface area (Å²) < 4.78 is 16.2. The molecule has 2 rings (SSSR count). The average molecular weight is 364 g/mol. The highest BCUT2D eigenvalue weighted by atomic mass is 35.5. The van der Waals surface area contributed by atoms with Gasteiger partial charge in [0.05, 0.1) is 14.2 Å². The van der Waals surface area contributed by atoms with Crippen molar-refractivity contribution in [2.75, 3.05) is 26.1 Å². The van der Waals surface area contributed by atoms with Crippen LogP contribution >= 0.6 is 11.6 Å². The van der Waals surface area contributed by atoms with E-state index in [4.69, 9.17) is 25.8 Å². The van der Waals surface area contributed by atoms with Gasteiger partial charge < -0.3 is 19.5 Å². The Kier molecular flexibility index (Phi) is 6.15. The summed E-state index contributed by atoms with van der Waals surface area (Å²) >= 11 is 6.01. The molecule has 25 heavy (non-hydrogen) atoms. The van der Waals surface area contributed by atoms with Crippen LogP contribution < -0.4 is 19.5 Å². The summed E-state index contributed by atoms with van der Waals surface area (Å²) in [4.78, 5) is 12.2. The molecule has 6 heteroatoms. The number of carbonyl (C=O) groups excluding carboxylic acids is 1. The molecule has 0 aliphatic heterocycles. The van der Waals surface area contributed by atoms with Crippen molar-refractivity contribution in [3.05, 3.63) is 46.0 Å². The topological polar surface area (TPSA) is 56.8 Å². The normalized spacial score (nSPS) is 10.3. The fraction of sp³-hybridized carbons (Fsp3) is 0.316. The Hall–Kier alpha value is -2.40. The Morgan fingerprint density at radius 1 is 0.960 bits per heavy atom. The lowest BCUT2D eigenvalue weighted by atomic mass is 10.1. The summed E-state index contributed by atoms with van der Waals surface area (Å²) in [6, 6.07) is 7.15. The van der Waals surface area contributed by atoms with Crippen LogP contribution in [0, 0.1) is 20.8 Å². The fourth-order valence-corrected chi connectivity index (χ4v) is 2.89. The van der Waals surface area contributed by atoms with Crippen molar-refractivity contribution in [2.45, 2.75) is 20.8 Å². The number of hydrogen-bond acceptors (Lipinski definition) is 4. The molecule has 134 valence electrons. The second kappa shape index (κ2) is 8.12. The second-order valence-corrected chi connectivity index (χ2v) is 6.16. The number of methoxy groups -OCH3 is 2. The molecule has 5 nitrogen and oxygen atoms in total. The number of ether oxygens (including phenoxy) is 3. The quantitative estimate of drug-likeness (QED) is 0.831. The molecule has 0 spiro atoms. The number of benzene rings is 2. The van der Waals surface area contributed by atoms with Gasteiger partial charge >= 0.3 is 0 Å². The van der Waals surface area contributed by atoms with E-state index >= 15 is 0 Å². The highest BCUT2D eigenvalue weighted by molar-refractivity contribution is 6.30. The molecular weight excluding hydrogens is 342 g/mol. The third-order valence-corrected chi connectivity index (χ3v) is 4.00. The van der Waals surface area contributed by atoms with Gasteiger partial charge in [-0.1, -0.05) is 11.6 Å². The highest BCUT2D eigenvalue weighted by Gasteiger charge is 2.13. The number of hydrogen-bond donors (Lipinski definition) is 1. The molecule has 0 unspecified atom stereocenters. The number of carbonyl (C=O) groups is 1. The van der Waals surface area contributed by atoms with E-state index < -0.39 is 0 Å². The zero-order chi connectivity index (χ0) is 18.6. The monoisotopic (exact) mass is 363 g/mol. The molecule has 0 atom stereocenters. The third kappa shape index (κ3) is 4.57. The summed E-state index contributed by atoms with van der Waals surface area (Å²) in [5.74, 6) is 1.57. The molecule has 0 saturated heterocycles. The molecular formula is C19H22ClNO4. The Morgan fingerprint density at radius 3 is 2.08 bits per heavy atom. The number of rotatable bonds is 6. The molecule has 2 aromatic rings. The summed E-state index contributed by atoms with van der Waals surface area (Å²) in [6.07, 6.45) is 0. The van der Waals surface area contributed by atoms with Gasteiger partial charge in [0.2, 0.25) is 0 Å². The van der Waals surface area contributed by atoms with Crippen LogP contribution in [0.1, 0.15) is 16.7 Å². The van der Waals surface area contributed by atoms with Gasteiger partial charge in [-0.05, 0) is 55.7 Å². The lowest BCUT2D eigenvalue weighted by Gasteiger charge is -2.15. The first-order chi connectivity index (χ1) is 11.8. The standard InChI is InChI=1S/C19H22ClNO4/c1-11-8-16(23-4)17(24-5)9-15(11)21-18(22)10-25-19-12(2)6-14(20)7-13(19)3/h6-9H,10H2,1-5H3,(H,21,22). The Bertz CT molecular complexity index is 766. The molecule has 0 aromatic heterocycles. The van der Waals surface area contributed by atoms with Crippen molar-refractivity contribution in [3.8, 4) is 17.2 Å². The van der Waals surface area contributed by atoms with Gasteiger partial charge in [0, 0.05) is 16.8 Å². The highest BCUT2D eigenvalue weighted by Crippen LogP contribution is 2.33. The molecule has 0 bridgehead atoms. The minimum Gasteiger partial charge on any atom is -0.493 e. The van der Waals surface area contributed by atoms with Crippen LogP contribution in [0.4, 0.5) is 5.69 Å². The minimum atomic E-state index is -0.260. The van der Waals surface area contributed by atoms with E-state index in [-0.39, 0.29) is 12.5 Å². The number of aryl methyl sites for hydroxylation is 3. The van der Waals surface area contributed by atoms with Gasteiger partial charge in [-0.15, -0.1) is 0 Å². The molecule has 0 fully saturated rings. The number of amides is 1. The van der Waals surface area contributed by atoms with E-state index in [2.05, 4.69) is 5.32 Å². The van der Waals surface area contributed by atoms with Crippen molar-refractivity contribution in [2.24, 2.45) is 0 Å². The maximum atomic E-state index is 12.2. The largest absolute Gasteiger partial charge is 0.493 e. The maximum absolute atomic E-state index is 12.2. The van der Waals surface area contributed by atoms with E-state index in [9.17, 15) is 4.79 Å². The van der Waals surface area contributed by atoms with E-state index in [1.54, 1.807) is 32.4 Å². The second-order valence-electron chi connectivity index (χ2n) is 5.73. The lowest BCUT2D eigenvalue weighted by Crippen LogP contribution is -2.21. The SMILES string of the molecule is COc1cc(C)c(NC(=O)COc2c(C)cc(Cl)cc2C)cc1OC. The summed E-state index contributed by atoms with van der Waals surface area (Å²) in [5.41, 5.74) is 3.29. The van der Waals surface area contributed by atoms with Gasteiger partial charge in [0.15, 0.2) is 18.1 Å². The van der Waals surface area contributed by atoms with Crippen molar-refractivity contribution in [3.63, 3.8) is 0 Å². The van der Waals surface area contributed by atoms with Crippen LogP contribution in [-0.4, -0.2) is 26.7 Å². The van der Waals surface area contributed by atoms with Gasteiger partial charge in [-0.2, -0.15) is 0 Å². The Balaban J connectivity index is 2.09. The van der Waals surface area contributed by atoms with Crippen LogP contribution in [0.25, 0.3) is 0 Å². The van der Waals surface area contributed by atoms with E-state index in [1.807, 2.05) is 26.8 Å². The van der Waals surface area contributed by atoms with Gasteiger partial charge in [0.1, 0.15) is 5.75 Å². The molecule has 0 saturated carbocycles. The van der Waals surface area contributed by atoms with E-state index in [0.29, 0.717) is 28.0 Å². The van der Waals surface area contributed by atoms with Crippen LogP contribution in [-0.2, 0) is 4.79 Å². The van der Waals surface area contributed by atoms with Crippen LogP contribution in [0.3, 0.4) is 0 Å². The first-order valence-electron chi connectivity index (χ1n) is 7.77. The first-order valence-corrected chi connectivity index (χ1v) is 8.15. The molecule has 0 heterocycles. The van der Waals surface area contributed by atoms with Crippen LogP contribution in [0.5, 0.6) is 17.2 Å². The first kappa shape index (κ1) is 18.9. The number of halogens is 1. The average Bonchev–Trinajstić information content (AvgIpc) is 2.55. The van der Waals surface area contributed by atoms with Crippen LogP contribution in [0.2, 0.25) is 5.02 Å². The summed E-state index contributed by atoms with van der Waals surface area (Å²) in [5, 5.41) is 3.48. The van der Waals surface area contributed by atoms with Gasteiger partial charge in [-0.3, -0.25) is 4.79 Å². The zero-order valence-corrected chi connectivity index (χ0v) is 15.8. The Labute approximate surface area is 152 Å². The zero-order valence-electron chi connectivity index (χ0n) is 15.0. The molecule has 2 aromatic carbocycles. The smallest absolute Gasteiger partial charge is 0.262 e. The summed E-state index contributed by atoms with van der Waals surface area (Å²) in [6.45, 7) is 5.57.